The Morgan fingerprint density at radius 1 is 1.18 bits per heavy atom. The largest absolute Gasteiger partial charge is 0.176 e. The molecule has 0 aliphatic rings. The third-order valence-electron chi connectivity index (χ3n) is 3.10. The van der Waals surface area contributed by atoms with Crippen LogP contribution in [0.15, 0.2) is 48.0 Å². The van der Waals surface area contributed by atoms with E-state index in [0.29, 0.717) is 6.71 Å². The highest BCUT2D eigenvalue weighted by Gasteiger charge is 2.17. The van der Waals surface area contributed by atoms with Crippen molar-refractivity contribution >= 4 is 6.71 Å². The molecule has 0 N–H and O–H groups in total. The molecule has 0 radical (unpaired) electrons. The van der Waals surface area contributed by atoms with E-state index in [1.165, 1.54) is 42.1 Å². The summed E-state index contributed by atoms with van der Waals surface area (Å²) in [6.45, 7) is 17.3. The molecule has 0 rings (SSSR count). The van der Waals surface area contributed by atoms with Crippen LogP contribution in [0.3, 0.4) is 0 Å². The van der Waals surface area contributed by atoms with Crippen LogP contribution in [0.4, 0.5) is 0 Å². The normalized spacial score (nSPS) is 12.5. The van der Waals surface area contributed by atoms with Gasteiger partial charge in [-0.25, -0.2) is 0 Å². The van der Waals surface area contributed by atoms with E-state index < -0.39 is 0 Å². The molecule has 0 aromatic carbocycles. The number of allylic oxidation sites excluding steroid dienone is 6. The van der Waals surface area contributed by atoms with Crippen molar-refractivity contribution in [3.63, 3.8) is 0 Å². The van der Waals surface area contributed by atoms with Crippen LogP contribution in [0.1, 0.15) is 40.5 Å². The molecule has 0 atom stereocenters. The Kier molecular flexibility index (Phi) is 8.57. The van der Waals surface area contributed by atoms with E-state index in [-0.39, 0.29) is 0 Å². The maximum Gasteiger partial charge on any atom is 0.176 e. The molecule has 0 aliphatic carbocycles. The van der Waals surface area contributed by atoms with Crippen molar-refractivity contribution in [3.8, 4) is 0 Å². The first-order chi connectivity index (χ1) is 8.10. The van der Waals surface area contributed by atoms with Gasteiger partial charge >= 0.3 is 0 Å². The van der Waals surface area contributed by atoms with Crippen LogP contribution < -0.4 is 0 Å². The zero-order valence-corrected chi connectivity index (χ0v) is 12.1. The molecule has 0 aromatic rings. The third kappa shape index (κ3) is 5.77. The van der Waals surface area contributed by atoms with E-state index in [2.05, 4.69) is 53.0 Å². The standard InChI is InChI=1S/C16H27B/c1-7-11-17(12-8-2)16(14(5)6)13-15(9-3)10-4/h9-10,13H,3,5,7-8,11-12H2,1-2,4,6H3/b15-10-,16-13+. The molecule has 0 nitrogen and oxygen atoms in total. The van der Waals surface area contributed by atoms with Gasteiger partial charge in [-0.1, -0.05) is 81.8 Å². The molecule has 0 spiro atoms. The second-order valence-corrected chi connectivity index (χ2v) is 4.65. The van der Waals surface area contributed by atoms with Gasteiger partial charge in [0, 0.05) is 0 Å². The Morgan fingerprint density at radius 2 is 1.71 bits per heavy atom. The van der Waals surface area contributed by atoms with Crippen molar-refractivity contribution in [2.75, 3.05) is 0 Å². The fourth-order valence-electron chi connectivity index (χ4n) is 2.18. The molecule has 0 unspecified atom stereocenters. The van der Waals surface area contributed by atoms with Crippen LogP contribution in [-0.4, -0.2) is 6.71 Å². The zero-order valence-electron chi connectivity index (χ0n) is 12.1. The summed E-state index contributed by atoms with van der Waals surface area (Å²) in [4.78, 5) is 0. The molecule has 0 bridgehead atoms. The first kappa shape index (κ1) is 16.0. The topological polar surface area (TPSA) is 0 Å². The average molecular weight is 230 g/mol. The molecular formula is C16H27B. The quantitative estimate of drug-likeness (QED) is 0.383. The molecular weight excluding hydrogens is 203 g/mol. The lowest BCUT2D eigenvalue weighted by Crippen LogP contribution is -2.16. The molecule has 0 saturated carbocycles. The monoisotopic (exact) mass is 230 g/mol. The molecule has 0 aliphatic heterocycles. The fourth-order valence-corrected chi connectivity index (χ4v) is 2.18. The van der Waals surface area contributed by atoms with Crippen molar-refractivity contribution in [1.82, 2.24) is 0 Å². The molecule has 94 valence electrons. The van der Waals surface area contributed by atoms with Crippen LogP contribution in [0.5, 0.6) is 0 Å². The molecule has 0 amide bonds. The Bertz CT molecular complexity index is 301. The van der Waals surface area contributed by atoms with E-state index in [0.717, 1.165) is 0 Å². The van der Waals surface area contributed by atoms with Crippen LogP contribution in [0.25, 0.3) is 0 Å². The SMILES string of the molecule is C=CC(=C/C)/C=C(/B(CCC)CCC)C(=C)C. The third-order valence-corrected chi connectivity index (χ3v) is 3.10. The fraction of sp³-hybridized carbons (Fsp3) is 0.500. The summed E-state index contributed by atoms with van der Waals surface area (Å²) in [7, 11) is 0. The first-order valence-electron chi connectivity index (χ1n) is 6.76. The summed E-state index contributed by atoms with van der Waals surface area (Å²) >= 11 is 0. The molecule has 0 heterocycles. The van der Waals surface area contributed by atoms with E-state index in [1.54, 1.807) is 0 Å². The predicted octanol–water partition coefficient (Wildman–Crippen LogP) is 5.48. The van der Waals surface area contributed by atoms with Gasteiger partial charge in [0.1, 0.15) is 0 Å². The van der Waals surface area contributed by atoms with E-state index >= 15 is 0 Å². The Balaban J connectivity index is 5.16. The zero-order chi connectivity index (χ0) is 13.3. The van der Waals surface area contributed by atoms with Crippen LogP contribution >= 0.6 is 0 Å². The summed E-state index contributed by atoms with van der Waals surface area (Å²) in [5.41, 5.74) is 3.79. The lowest BCUT2D eigenvalue weighted by molar-refractivity contribution is 1.01. The van der Waals surface area contributed by atoms with E-state index in [4.69, 9.17) is 0 Å². The first-order valence-corrected chi connectivity index (χ1v) is 6.76. The van der Waals surface area contributed by atoms with E-state index in [9.17, 15) is 0 Å². The highest BCUT2D eigenvalue weighted by Crippen LogP contribution is 2.22. The Morgan fingerprint density at radius 3 is 2.00 bits per heavy atom. The smallest absolute Gasteiger partial charge is 0.0985 e. The van der Waals surface area contributed by atoms with Gasteiger partial charge in [0.05, 0.1) is 0 Å². The van der Waals surface area contributed by atoms with Gasteiger partial charge in [-0.3, -0.25) is 0 Å². The van der Waals surface area contributed by atoms with Crippen molar-refractivity contribution in [2.24, 2.45) is 0 Å². The molecule has 0 aromatic heterocycles. The van der Waals surface area contributed by atoms with Gasteiger partial charge in [-0.2, -0.15) is 0 Å². The highest BCUT2D eigenvalue weighted by atomic mass is 14.0. The van der Waals surface area contributed by atoms with Crippen molar-refractivity contribution in [1.29, 1.82) is 0 Å². The number of hydrogen-bond donors (Lipinski definition) is 0. The van der Waals surface area contributed by atoms with Gasteiger partial charge in [0.25, 0.3) is 0 Å². The lowest BCUT2D eigenvalue weighted by Gasteiger charge is -2.17. The Labute approximate surface area is 108 Å². The van der Waals surface area contributed by atoms with E-state index in [1.807, 2.05) is 6.08 Å². The second-order valence-electron chi connectivity index (χ2n) is 4.65. The minimum absolute atomic E-state index is 0.650. The summed E-state index contributed by atoms with van der Waals surface area (Å²) in [5.74, 6) is 0. The van der Waals surface area contributed by atoms with Crippen molar-refractivity contribution in [2.45, 2.75) is 53.2 Å². The van der Waals surface area contributed by atoms with Crippen molar-refractivity contribution in [3.05, 3.63) is 48.0 Å². The Hall–Kier alpha value is -0.975. The number of rotatable bonds is 8. The second kappa shape index (κ2) is 9.10. The summed E-state index contributed by atoms with van der Waals surface area (Å²) in [6.07, 6.45) is 11.2. The highest BCUT2D eigenvalue weighted by molar-refractivity contribution is 6.67. The maximum atomic E-state index is 4.13. The lowest BCUT2D eigenvalue weighted by atomic mass is 9.38. The summed E-state index contributed by atoms with van der Waals surface area (Å²) in [6, 6.07) is 0. The number of hydrogen-bond acceptors (Lipinski definition) is 0. The minimum Gasteiger partial charge on any atom is -0.0985 e. The molecule has 17 heavy (non-hydrogen) atoms. The van der Waals surface area contributed by atoms with Gasteiger partial charge in [-0.15, -0.1) is 0 Å². The average Bonchev–Trinajstić information content (AvgIpc) is 2.30. The minimum atomic E-state index is 0.650. The van der Waals surface area contributed by atoms with Crippen LogP contribution in [0, 0.1) is 0 Å². The van der Waals surface area contributed by atoms with Gasteiger partial charge in [0.2, 0.25) is 0 Å². The maximum absolute atomic E-state index is 4.13. The molecule has 0 fully saturated rings. The van der Waals surface area contributed by atoms with Gasteiger partial charge in [0.15, 0.2) is 6.71 Å². The predicted molar refractivity (Wildman–Crippen MR) is 82.8 cm³/mol. The van der Waals surface area contributed by atoms with Gasteiger partial charge in [-0.05, 0) is 19.4 Å². The van der Waals surface area contributed by atoms with Crippen LogP contribution in [0.2, 0.25) is 12.6 Å². The summed E-state index contributed by atoms with van der Waals surface area (Å²) < 4.78 is 0. The van der Waals surface area contributed by atoms with Crippen molar-refractivity contribution < 1.29 is 0 Å². The summed E-state index contributed by atoms with van der Waals surface area (Å²) in [5, 5.41) is 0. The molecule has 1 heteroatoms. The van der Waals surface area contributed by atoms with Crippen LogP contribution in [-0.2, 0) is 0 Å². The molecule has 0 saturated heterocycles. The van der Waals surface area contributed by atoms with Gasteiger partial charge < -0.3 is 0 Å².